The van der Waals surface area contributed by atoms with Gasteiger partial charge in [-0.1, -0.05) is 64.8 Å². The highest BCUT2D eigenvalue weighted by molar-refractivity contribution is 5.48. The number of benzene rings is 1. The van der Waals surface area contributed by atoms with Crippen LogP contribution in [0.5, 0.6) is 5.75 Å². The van der Waals surface area contributed by atoms with Gasteiger partial charge in [-0.05, 0) is 50.8 Å². The number of unbranched alkanes of at least 4 members (excludes halogenated alkanes) is 3. The summed E-state index contributed by atoms with van der Waals surface area (Å²) in [6.45, 7) is 15.6. The summed E-state index contributed by atoms with van der Waals surface area (Å²) in [5.41, 5.74) is 1.13. The molecular weight excluding hydrogens is 294 g/mol. The third-order valence-corrected chi connectivity index (χ3v) is 4.18. The van der Waals surface area contributed by atoms with Gasteiger partial charge in [-0.25, -0.2) is 0 Å². The summed E-state index contributed by atoms with van der Waals surface area (Å²) in [7, 11) is 0. The van der Waals surface area contributed by atoms with Crippen molar-refractivity contribution < 1.29 is 4.74 Å². The molecule has 2 nitrogen and oxygen atoms in total. The minimum absolute atomic E-state index is 0.681. The Morgan fingerprint density at radius 3 is 2.00 bits per heavy atom. The first-order chi connectivity index (χ1) is 11.6. The van der Waals surface area contributed by atoms with Gasteiger partial charge in [-0.2, -0.15) is 0 Å². The normalized spacial score (nSPS) is 12.7. The van der Waals surface area contributed by atoms with Gasteiger partial charge in [0.25, 0.3) is 0 Å². The van der Waals surface area contributed by atoms with Crippen LogP contribution in [0.3, 0.4) is 0 Å². The van der Waals surface area contributed by atoms with Gasteiger partial charge in [0, 0.05) is 12.1 Å². The van der Waals surface area contributed by atoms with Crippen LogP contribution in [-0.2, 0) is 0 Å². The molecule has 1 N–H and O–H groups in total. The Kier molecular flexibility index (Phi) is 14.4. The van der Waals surface area contributed by atoms with Crippen LogP contribution in [0.25, 0.3) is 6.08 Å². The first-order valence-electron chi connectivity index (χ1n) is 9.68. The predicted molar refractivity (Wildman–Crippen MR) is 109 cm³/mol. The van der Waals surface area contributed by atoms with E-state index in [0.717, 1.165) is 24.3 Å². The van der Waals surface area contributed by atoms with Gasteiger partial charge in [0.1, 0.15) is 5.75 Å². The number of ether oxygens (including phenoxy) is 1. The van der Waals surface area contributed by atoms with Crippen molar-refractivity contribution in [2.75, 3.05) is 6.61 Å². The van der Waals surface area contributed by atoms with E-state index in [0.29, 0.717) is 12.1 Å². The molecule has 0 aliphatic carbocycles. The fourth-order valence-corrected chi connectivity index (χ4v) is 2.14. The van der Waals surface area contributed by atoms with Crippen LogP contribution < -0.4 is 10.1 Å². The molecule has 0 fully saturated rings. The van der Waals surface area contributed by atoms with E-state index in [4.69, 9.17) is 4.74 Å². The molecule has 2 atom stereocenters. The van der Waals surface area contributed by atoms with Gasteiger partial charge < -0.3 is 10.1 Å². The lowest BCUT2D eigenvalue weighted by Crippen LogP contribution is -2.33. The second-order valence-corrected chi connectivity index (χ2v) is 6.47. The lowest BCUT2D eigenvalue weighted by molar-refractivity contribution is 0.305. The summed E-state index contributed by atoms with van der Waals surface area (Å²) >= 11 is 0. The van der Waals surface area contributed by atoms with E-state index in [1.54, 1.807) is 0 Å². The number of nitrogens with one attached hydrogen (secondary N) is 1. The standard InChI is InChI=1S/C14H20O.C8H19N/c1-3-5-6-7-12-15-14-10-8-13(4-2)9-11-14;1-5-7(3)9-8(4)6-2/h4,8-11H,2-3,5-7,12H2,1H3;7-9H,5-6H2,1-4H3. The minimum Gasteiger partial charge on any atom is -0.494 e. The second-order valence-electron chi connectivity index (χ2n) is 6.47. The molecule has 1 aromatic rings. The number of hydrogen-bond donors (Lipinski definition) is 1. The van der Waals surface area contributed by atoms with Crippen molar-refractivity contribution in [3.63, 3.8) is 0 Å². The Morgan fingerprint density at radius 2 is 1.54 bits per heavy atom. The summed E-state index contributed by atoms with van der Waals surface area (Å²) in [4.78, 5) is 0. The van der Waals surface area contributed by atoms with Crippen LogP contribution in [0.1, 0.15) is 78.7 Å². The van der Waals surface area contributed by atoms with Gasteiger partial charge in [-0.3, -0.25) is 0 Å². The topological polar surface area (TPSA) is 21.3 Å². The van der Waals surface area contributed by atoms with Gasteiger partial charge in [0.2, 0.25) is 0 Å². The van der Waals surface area contributed by atoms with Gasteiger partial charge in [0.05, 0.1) is 6.61 Å². The van der Waals surface area contributed by atoms with E-state index in [1.165, 1.54) is 32.1 Å². The van der Waals surface area contributed by atoms with Crippen molar-refractivity contribution in [2.45, 2.75) is 85.2 Å². The summed E-state index contributed by atoms with van der Waals surface area (Å²) < 4.78 is 5.62. The first kappa shape index (κ1) is 22.7. The molecule has 2 unspecified atom stereocenters. The van der Waals surface area contributed by atoms with Gasteiger partial charge in [0.15, 0.2) is 0 Å². The van der Waals surface area contributed by atoms with E-state index >= 15 is 0 Å². The number of rotatable bonds is 11. The Labute approximate surface area is 150 Å². The molecule has 24 heavy (non-hydrogen) atoms. The highest BCUT2D eigenvalue weighted by atomic mass is 16.5. The third kappa shape index (κ3) is 12.2. The Bertz CT molecular complexity index is 391. The molecule has 0 saturated carbocycles. The van der Waals surface area contributed by atoms with Crippen LogP contribution in [0.2, 0.25) is 0 Å². The molecule has 2 heteroatoms. The van der Waals surface area contributed by atoms with E-state index in [9.17, 15) is 0 Å². The zero-order chi connectivity index (χ0) is 18.2. The molecule has 0 aliphatic rings. The molecule has 0 amide bonds. The zero-order valence-electron chi connectivity index (χ0n) is 16.6. The smallest absolute Gasteiger partial charge is 0.119 e. The predicted octanol–water partition coefficient (Wildman–Crippen LogP) is 6.46. The fraction of sp³-hybridized carbons (Fsp3) is 0.636. The van der Waals surface area contributed by atoms with Crippen molar-refractivity contribution in [2.24, 2.45) is 0 Å². The Morgan fingerprint density at radius 1 is 0.958 bits per heavy atom. The van der Waals surface area contributed by atoms with Gasteiger partial charge in [-0.15, -0.1) is 0 Å². The minimum atomic E-state index is 0.681. The molecule has 0 bridgehead atoms. The largest absolute Gasteiger partial charge is 0.494 e. The van der Waals surface area contributed by atoms with E-state index < -0.39 is 0 Å². The van der Waals surface area contributed by atoms with Crippen LogP contribution >= 0.6 is 0 Å². The molecule has 138 valence electrons. The molecule has 0 aromatic heterocycles. The summed E-state index contributed by atoms with van der Waals surface area (Å²) in [5.74, 6) is 0.956. The van der Waals surface area contributed by atoms with Crippen molar-refractivity contribution in [1.29, 1.82) is 0 Å². The van der Waals surface area contributed by atoms with E-state index in [1.807, 2.05) is 30.3 Å². The highest BCUT2D eigenvalue weighted by Crippen LogP contribution is 2.13. The molecule has 0 heterocycles. The van der Waals surface area contributed by atoms with Crippen LogP contribution in [0.4, 0.5) is 0 Å². The molecule has 0 radical (unpaired) electrons. The summed E-state index contributed by atoms with van der Waals surface area (Å²) in [6, 6.07) is 9.40. The Balaban J connectivity index is 0.000000506. The van der Waals surface area contributed by atoms with Crippen molar-refractivity contribution >= 4 is 6.08 Å². The molecular formula is C22H39NO. The summed E-state index contributed by atoms with van der Waals surface area (Å²) in [5, 5.41) is 3.48. The monoisotopic (exact) mass is 333 g/mol. The van der Waals surface area contributed by atoms with Gasteiger partial charge >= 0.3 is 0 Å². The fourth-order valence-electron chi connectivity index (χ4n) is 2.14. The van der Waals surface area contributed by atoms with Crippen molar-refractivity contribution in [1.82, 2.24) is 5.32 Å². The third-order valence-electron chi connectivity index (χ3n) is 4.18. The highest BCUT2D eigenvalue weighted by Gasteiger charge is 2.01. The molecule has 1 aromatic carbocycles. The maximum absolute atomic E-state index is 5.62. The molecule has 0 aliphatic heterocycles. The summed E-state index contributed by atoms with van der Waals surface area (Å²) in [6.07, 6.45) is 9.28. The van der Waals surface area contributed by atoms with Crippen LogP contribution in [0.15, 0.2) is 30.8 Å². The van der Waals surface area contributed by atoms with Crippen molar-refractivity contribution in [3.8, 4) is 5.75 Å². The first-order valence-corrected chi connectivity index (χ1v) is 9.68. The maximum Gasteiger partial charge on any atom is 0.119 e. The average Bonchev–Trinajstić information content (AvgIpc) is 2.62. The maximum atomic E-state index is 5.62. The van der Waals surface area contributed by atoms with E-state index in [-0.39, 0.29) is 0 Å². The number of hydrogen-bond acceptors (Lipinski definition) is 2. The second kappa shape index (κ2) is 15.3. The lowest BCUT2D eigenvalue weighted by atomic mass is 10.2. The van der Waals surface area contributed by atoms with Crippen LogP contribution in [0, 0.1) is 0 Å². The molecule has 1 rings (SSSR count). The quantitative estimate of drug-likeness (QED) is 0.469. The average molecular weight is 334 g/mol. The van der Waals surface area contributed by atoms with Crippen LogP contribution in [-0.4, -0.2) is 18.7 Å². The molecule has 0 spiro atoms. The van der Waals surface area contributed by atoms with Crippen molar-refractivity contribution in [3.05, 3.63) is 36.4 Å². The lowest BCUT2D eigenvalue weighted by Gasteiger charge is -2.16. The van der Waals surface area contributed by atoms with E-state index in [2.05, 4.69) is 46.5 Å². The SMILES string of the molecule is C=Cc1ccc(OCCCCCC)cc1.CCC(C)NC(C)CC. The molecule has 0 saturated heterocycles. The zero-order valence-corrected chi connectivity index (χ0v) is 16.6. The Hall–Kier alpha value is -1.28.